The fourth-order valence-electron chi connectivity index (χ4n) is 4.72. The van der Waals surface area contributed by atoms with Gasteiger partial charge in [0.15, 0.2) is 5.65 Å². The number of anilines is 1. The number of hydrogen-bond donors (Lipinski definition) is 1. The molecule has 8 nitrogen and oxygen atoms in total. The summed E-state index contributed by atoms with van der Waals surface area (Å²) in [6.45, 7) is 9.27. The number of ether oxygens (including phenoxy) is 1. The van der Waals surface area contributed by atoms with Crippen LogP contribution in [0.2, 0.25) is 0 Å². The predicted octanol–water partition coefficient (Wildman–Crippen LogP) is 5.06. The number of hydrogen-bond acceptors (Lipinski definition) is 6. The van der Waals surface area contributed by atoms with Crippen molar-refractivity contribution in [3.8, 4) is 17.0 Å². The number of piperidine rings is 1. The van der Waals surface area contributed by atoms with Gasteiger partial charge >= 0.3 is 0 Å². The highest BCUT2D eigenvalue weighted by Crippen LogP contribution is 2.35. The van der Waals surface area contributed by atoms with Gasteiger partial charge in [-0.05, 0) is 68.0 Å². The third-order valence-electron chi connectivity index (χ3n) is 6.84. The van der Waals surface area contributed by atoms with Crippen molar-refractivity contribution in [1.82, 2.24) is 24.6 Å². The van der Waals surface area contributed by atoms with Crippen LogP contribution in [0.1, 0.15) is 45.6 Å². The molecule has 1 aromatic carbocycles. The number of rotatable bonds is 6. The molecule has 0 bridgehead atoms. The van der Waals surface area contributed by atoms with E-state index in [9.17, 15) is 4.79 Å². The number of allylic oxidation sites excluding steroid dienone is 3. The van der Waals surface area contributed by atoms with Gasteiger partial charge in [0.05, 0.1) is 11.4 Å². The van der Waals surface area contributed by atoms with Crippen LogP contribution in [0.15, 0.2) is 66.7 Å². The predicted molar refractivity (Wildman–Crippen MR) is 141 cm³/mol. The normalized spacial score (nSPS) is 17.9. The Balaban J connectivity index is 1.45. The number of nitrogens with zero attached hydrogens (tertiary/aromatic N) is 5. The summed E-state index contributed by atoms with van der Waals surface area (Å²) < 4.78 is 7.90. The Bertz CT molecular complexity index is 1350. The Hall–Kier alpha value is -3.94. The van der Waals surface area contributed by atoms with E-state index in [-0.39, 0.29) is 17.9 Å². The van der Waals surface area contributed by atoms with Crippen molar-refractivity contribution < 1.29 is 9.53 Å². The number of nitrogen functional groups attached to an aromatic ring is 1. The van der Waals surface area contributed by atoms with E-state index >= 15 is 0 Å². The lowest BCUT2D eigenvalue weighted by Crippen LogP contribution is -2.42. The van der Waals surface area contributed by atoms with E-state index in [1.807, 2.05) is 53.8 Å². The standard InChI is InChI=1S/C28H32N6O2/c1-18(2)19(3)28(35)33-15-7-8-21(16-33)34-27-24(26(29)30-17-31-27)25(32-34)20-11-13-23(14-12-20)36-22-9-5-4-6-10-22/h5,9-14,17-18,21H,3-4,6-8,15-16H2,1-2H3,(H2,29,30,31). The van der Waals surface area contributed by atoms with Gasteiger partial charge in [-0.2, -0.15) is 5.10 Å². The third kappa shape index (κ3) is 4.63. The molecule has 1 aliphatic carbocycles. The number of amides is 1. The summed E-state index contributed by atoms with van der Waals surface area (Å²) in [5.41, 5.74) is 9.26. The second kappa shape index (κ2) is 9.97. The highest BCUT2D eigenvalue weighted by atomic mass is 16.5. The fraction of sp³-hybridized carbons (Fsp3) is 0.357. The van der Waals surface area contributed by atoms with Crippen molar-refractivity contribution >= 4 is 22.8 Å². The van der Waals surface area contributed by atoms with E-state index < -0.39 is 0 Å². The van der Waals surface area contributed by atoms with Gasteiger partial charge in [-0.25, -0.2) is 14.6 Å². The molecule has 0 radical (unpaired) electrons. The Morgan fingerprint density at radius 1 is 1.19 bits per heavy atom. The fourth-order valence-corrected chi connectivity index (χ4v) is 4.72. The lowest BCUT2D eigenvalue weighted by Gasteiger charge is -2.34. The van der Waals surface area contributed by atoms with Crippen LogP contribution in [-0.4, -0.2) is 43.6 Å². The first-order valence-electron chi connectivity index (χ1n) is 12.5. The largest absolute Gasteiger partial charge is 0.458 e. The average molecular weight is 485 g/mol. The number of aromatic nitrogens is 4. The molecule has 1 unspecified atom stereocenters. The molecule has 3 aromatic rings. The zero-order chi connectivity index (χ0) is 25.2. The number of nitrogens with two attached hydrogens (primary N) is 1. The molecule has 1 fully saturated rings. The number of carbonyl (C=O) groups is 1. The van der Waals surface area contributed by atoms with Crippen LogP contribution in [0.5, 0.6) is 5.75 Å². The Morgan fingerprint density at radius 3 is 2.72 bits per heavy atom. The summed E-state index contributed by atoms with van der Waals surface area (Å²) in [5.74, 6) is 2.13. The average Bonchev–Trinajstić information content (AvgIpc) is 3.30. The van der Waals surface area contributed by atoms with E-state index in [0.29, 0.717) is 23.6 Å². The molecule has 186 valence electrons. The van der Waals surface area contributed by atoms with E-state index in [1.54, 1.807) is 0 Å². The van der Waals surface area contributed by atoms with Crippen LogP contribution in [-0.2, 0) is 4.79 Å². The minimum atomic E-state index is -0.0131. The third-order valence-corrected chi connectivity index (χ3v) is 6.84. The van der Waals surface area contributed by atoms with Gasteiger partial charge in [0.2, 0.25) is 5.91 Å². The van der Waals surface area contributed by atoms with Crippen molar-refractivity contribution in [3.63, 3.8) is 0 Å². The summed E-state index contributed by atoms with van der Waals surface area (Å²) >= 11 is 0. The molecule has 5 rings (SSSR count). The lowest BCUT2D eigenvalue weighted by molar-refractivity contribution is -0.129. The first-order chi connectivity index (χ1) is 17.4. The summed E-state index contributed by atoms with van der Waals surface area (Å²) in [5, 5.41) is 5.69. The first-order valence-corrected chi connectivity index (χ1v) is 12.5. The SMILES string of the molecule is C=C(C(=O)N1CCCC(n2nc(-c3ccc(OC4=CCCC=C4)cc3)c3c(N)ncnc32)C1)C(C)C. The Kier molecular flexibility index (Phi) is 6.59. The maximum atomic E-state index is 13.0. The molecule has 0 spiro atoms. The molecule has 0 saturated carbocycles. The van der Waals surface area contributed by atoms with Gasteiger partial charge in [-0.15, -0.1) is 0 Å². The van der Waals surface area contributed by atoms with Crippen molar-refractivity contribution in [1.29, 1.82) is 0 Å². The second-order valence-electron chi connectivity index (χ2n) is 9.69. The maximum Gasteiger partial charge on any atom is 0.249 e. The maximum absolute atomic E-state index is 13.0. The molecule has 1 atom stereocenters. The molecule has 2 N–H and O–H groups in total. The molecule has 8 heteroatoms. The smallest absolute Gasteiger partial charge is 0.249 e. The van der Waals surface area contributed by atoms with Crippen LogP contribution < -0.4 is 10.5 Å². The highest BCUT2D eigenvalue weighted by Gasteiger charge is 2.30. The Morgan fingerprint density at radius 2 is 2.00 bits per heavy atom. The monoisotopic (exact) mass is 484 g/mol. The number of carbonyl (C=O) groups excluding carboxylic acids is 1. The van der Waals surface area contributed by atoms with Gasteiger partial charge in [-0.1, -0.05) is 26.5 Å². The number of fused-ring (bicyclic) bond motifs is 1. The summed E-state index contributed by atoms with van der Waals surface area (Å²) in [7, 11) is 0. The van der Waals surface area contributed by atoms with Gasteiger partial charge in [-0.3, -0.25) is 4.79 Å². The zero-order valence-corrected chi connectivity index (χ0v) is 20.9. The first kappa shape index (κ1) is 23.8. The summed E-state index contributed by atoms with van der Waals surface area (Å²) in [6.07, 6.45) is 11.5. The van der Waals surface area contributed by atoms with Crippen molar-refractivity contribution in [2.24, 2.45) is 5.92 Å². The number of likely N-dealkylation sites (tertiary alicyclic amines) is 1. The highest BCUT2D eigenvalue weighted by molar-refractivity contribution is 5.98. The minimum Gasteiger partial charge on any atom is -0.458 e. The van der Waals surface area contributed by atoms with Crippen LogP contribution in [0, 0.1) is 5.92 Å². The molecule has 1 aliphatic heterocycles. The molecular weight excluding hydrogens is 452 g/mol. The minimum absolute atomic E-state index is 0.0130. The molecule has 2 aliphatic rings. The van der Waals surface area contributed by atoms with Crippen molar-refractivity contribution in [3.05, 3.63) is 66.7 Å². The van der Waals surface area contributed by atoms with Crippen LogP contribution >= 0.6 is 0 Å². The topological polar surface area (TPSA) is 99.2 Å². The van der Waals surface area contributed by atoms with Gasteiger partial charge in [0.25, 0.3) is 0 Å². The van der Waals surface area contributed by atoms with Crippen molar-refractivity contribution in [2.45, 2.75) is 45.6 Å². The molecular formula is C28H32N6O2. The van der Waals surface area contributed by atoms with E-state index in [2.05, 4.69) is 28.7 Å². The molecule has 36 heavy (non-hydrogen) atoms. The second-order valence-corrected chi connectivity index (χ2v) is 9.69. The molecule has 3 heterocycles. The number of benzene rings is 1. The van der Waals surface area contributed by atoms with Crippen molar-refractivity contribution in [2.75, 3.05) is 18.8 Å². The van der Waals surface area contributed by atoms with Gasteiger partial charge in [0, 0.05) is 24.2 Å². The Labute approximate surface area is 211 Å². The summed E-state index contributed by atoms with van der Waals surface area (Å²) in [6, 6.07) is 7.80. The van der Waals surface area contributed by atoms with Crippen LogP contribution in [0.3, 0.4) is 0 Å². The zero-order valence-electron chi connectivity index (χ0n) is 20.9. The summed E-state index contributed by atoms with van der Waals surface area (Å²) in [4.78, 5) is 23.6. The molecule has 2 aromatic heterocycles. The van der Waals surface area contributed by atoms with Gasteiger partial charge < -0.3 is 15.4 Å². The van der Waals surface area contributed by atoms with Crippen LogP contribution in [0.4, 0.5) is 5.82 Å². The molecule has 1 amide bonds. The lowest BCUT2D eigenvalue weighted by atomic mass is 10.0. The molecule has 1 saturated heterocycles. The van der Waals surface area contributed by atoms with E-state index in [4.69, 9.17) is 15.6 Å². The van der Waals surface area contributed by atoms with E-state index in [1.165, 1.54) is 6.33 Å². The van der Waals surface area contributed by atoms with Gasteiger partial charge in [0.1, 0.15) is 29.3 Å². The quantitative estimate of drug-likeness (QED) is 0.491. The van der Waals surface area contributed by atoms with E-state index in [0.717, 1.165) is 60.4 Å². The van der Waals surface area contributed by atoms with Crippen LogP contribution in [0.25, 0.3) is 22.3 Å².